The Morgan fingerprint density at radius 3 is 1.78 bits per heavy atom. The van der Waals surface area contributed by atoms with Gasteiger partial charge in [0.15, 0.2) is 0 Å². The summed E-state index contributed by atoms with van der Waals surface area (Å²) in [7, 11) is 0. The zero-order valence-corrected chi connectivity index (χ0v) is 26.8. The summed E-state index contributed by atoms with van der Waals surface area (Å²) in [6, 6.07) is 68.0. The number of anilines is 3. The van der Waals surface area contributed by atoms with E-state index in [9.17, 15) is 0 Å². The van der Waals surface area contributed by atoms with E-state index in [1.54, 1.807) is 0 Å². The van der Waals surface area contributed by atoms with Crippen LogP contribution in [0.4, 0.5) is 17.1 Å². The third-order valence-electron chi connectivity index (χ3n) is 10.3. The Labute approximate surface area is 285 Å². The molecule has 1 aromatic heterocycles. The van der Waals surface area contributed by atoms with Gasteiger partial charge < -0.3 is 9.32 Å². The lowest BCUT2D eigenvalue weighted by Gasteiger charge is -2.34. The summed E-state index contributed by atoms with van der Waals surface area (Å²) in [5, 5.41) is 4.69. The van der Waals surface area contributed by atoms with Crippen LogP contribution in [0.5, 0.6) is 0 Å². The van der Waals surface area contributed by atoms with Crippen molar-refractivity contribution in [3.8, 4) is 11.1 Å². The molecule has 0 unspecified atom stereocenters. The molecule has 0 amide bonds. The van der Waals surface area contributed by atoms with Gasteiger partial charge in [-0.1, -0.05) is 146 Å². The van der Waals surface area contributed by atoms with Gasteiger partial charge in [-0.2, -0.15) is 0 Å². The van der Waals surface area contributed by atoms with Crippen molar-refractivity contribution < 1.29 is 4.42 Å². The van der Waals surface area contributed by atoms with Crippen LogP contribution >= 0.6 is 0 Å². The van der Waals surface area contributed by atoms with Gasteiger partial charge in [0.25, 0.3) is 0 Å². The largest absolute Gasteiger partial charge is 0.456 e. The lowest BCUT2D eigenvalue weighted by atomic mass is 9.67. The van der Waals surface area contributed by atoms with E-state index < -0.39 is 5.41 Å². The zero-order chi connectivity index (χ0) is 32.4. The lowest BCUT2D eigenvalue weighted by molar-refractivity contribution is 0.669. The summed E-state index contributed by atoms with van der Waals surface area (Å²) in [6.07, 6.45) is 0. The second kappa shape index (κ2) is 10.8. The predicted molar refractivity (Wildman–Crippen MR) is 203 cm³/mol. The first-order valence-electron chi connectivity index (χ1n) is 16.9. The van der Waals surface area contributed by atoms with Gasteiger partial charge in [0, 0.05) is 33.6 Å². The summed E-state index contributed by atoms with van der Waals surface area (Å²) < 4.78 is 6.38. The summed E-state index contributed by atoms with van der Waals surface area (Å²) in [4.78, 5) is 2.36. The summed E-state index contributed by atoms with van der Waals surface area (Å²) in [5.41, 5.74) is 12.4. The third-order valence-corrected chi connectivity index (χ3v) is 10.3. The number of fused-ring (bicyclic) bond motifs is 8. The maximum absolute atomic E-state index is 6.38. The fourth-order valence-corrected chi connectivity index (χ4v) is 8.34. The van der Waals surface area contributed by atoms with E-state index in [1.807, 2.05) is 12.1 Å². The van der Waals surface area contributed by atoms with Crippen LogP contribution < -0.4 is 4.90 Å². The van der Waals surface area contributed by atoms with Crippen LogP contribution in [0.3, 0.4) is 0 Å². The Balaban J connectivity index is 1.26. The quantitative estimate of drug-likeness (QED) is 0.189. The minimum Gasteiger partial charge on any atom is -0.456 e. The van der Waals surface area contributed by atoms with E-state index >= 15 is 0 Å². The van der Waals surface area contributed by atoms with Crippen molar-refractivity contribution in [1.29, 1.82) is 0 Å². The Bertz CT molecular complexity index is 2620. The Morgan fingerprint density at radius 1 is 0.388 bits per heavy atom. The van der Waals surface area contributed by atoms with Crippen molar-refractivity contribution in [3.05, 3.63) is 210 Å². The molecular formula is C47H31NO. The topological polar surface area (TPSA) is 16.4 Å². The number of benzene rings is 8. The number of para-hydroxylation sites is 2. The number of rotatable bonds is 5. The van der Waals surface area contributed by atoms with Crippen molar-refractivity contribution in [3.63, 3.8) is 0 Å². The predicted octanol–water partition coefficient (Wildman–Crippen LogP) is 12.6. The smallest absolute Gasteiger partial charge is 0.137 e. The summed E-state index contributed by atoms with van der Waals surface area (Å²) in [6.45, 7) is 0. The monoisotopic (exact) mass is 625 g/mol. The van der Waals surface area contributed by atoms with Gasteiger partial charge in [0.1, 0.15) is 11.2 Å². The van der Waals surface area contributed by atoms with Gasteiger partial charge in [-0.05, 0) is 75.2 Å². The molecule has 1 aliphatic rings. The lowest BCUT2D eigenvalue weighted by Crippen LogP contribution is -2.28. The molecule has 0 fully saturated rings. The molecule has 1 heterocycles. The van der Waals surface area contributed by atoms with Crippen LogP contribution in [0, 0.1) is 0 Å². The summed E-state index contributed by atoms with van der Waals surface area (Å²) >= 11 is 0. The number of hydrogen-bond donors (Lipinski definition) is 0. The first kappa shape index (κ1) is 27.7. The third kappa shape index (κ3) is 4.01. The highest BCUT2D eigenvalue weighted by atomic mass is 16.3. The molecule has 0 saturated heterocycles. The van der Waals surface area contributed by atoms with Gasteiger partial charge in [-0.15, -0.1) is 0 Å². The van der Waals surface area contributed by atoms with Gasteiger partial charge >= 0.3 is 0 Å². The van der Waals surface area contributed by atoms with Crippen LogP contribution in [0.15, 0.2) is 192 Å². The molecule has 1 aliphatic carbocycles. The molecule has 10 rings (SSSR count). The molecule has 230 valence electrons. The second-order valence-corrected chi connectivity index (χ2v) is 12.8. The molecule has 0 aliphatic heterocycles. The molecule has 0 spiro atoms. The highest BCUT2D eigenvalue weighted by molar-refractivity contribution is 6.11. The number of nitrogens with zero attached hydrogens (tertiary/aromatic N) is 1. The zero-order valence-electron chi connectivity index (χ0n) is 26.8. The highest BCUT2D eigenvalue weighted by Gasteiger charge is 2.46. The number of hydrogen-bond acceptors (Lipinski definition) is 2. The average molecular weight is 626 g/mol. The molecule has 49 heavy (non-hydrogen) atoms. The van der Waals surface area contributed by atoms with Gasteiger partial charge in [-0.3, -0.25) is 0 Å². The van der Waals surface area contributed by atoms with E-state index in [2.05, 4.69) is 181 Å². The van der Waals surface area contributed by atoms with Crippen molar-refractivity contribution in [2.75, 3.05) is 4.90 Å². The second-order valence-electron chi connectivity index (χ2n) is 12.8. The minimum atomic E-state index is -0.440. The van der Waals surface area contributed by atoms with Crippen LogP contribution in [-0.2, 0) is 5.41 Å². The van der Waals surface area contributed by atoms with Crippen LogP contribution in [0.2, 0.25) is 0 Å². The van der Waals surface area contributed by atoms with Crippen LogP contribution in [0.1, 0.15) is 22.3 Å². The Kier molecular flexibility index (Phi) is 6.13. The first-order valence-corrected chi connectivity index (χ1v) is 16.9. The van der Waals surface area contributed by atoms with E-state index in [0.29, 0.717) is 0 Å². The summed E-state index contributed by atoms with van der Waals surface area (Å²) in [5.74, 6) is 0. The van der Waals surface area contributed by atoms with Gasteiger partial charge in [-0.25, -0.2) is 0 Å². The van der Waals surface area contributed by atoms with Crippen molar-refractivity contribution in [2.24, 2.45) is 0 Å². The molecule has 2 nitrogen and oxygen atoms in total. The van der Waals surface area contributed by atoms with E-state index in [-0.39, 0.29) is 0 Å². The van der Waals surface area contributed by atoms with E-state index in [4.69, 9.17) is 4.42 Å². The SMILES string of the molecule is c1ccc(N(c2ccc3c(c2)oc2ccccc23)c2cccc3c4c(ccc23)C(c2ccccc2)(c2ccccc2)c2ccccc2-4)cc1. The van der Waals surface area contributed by atoms with Crippen molar-refractivity contribution in [2.45, 2.75) is 5.41 Å². The first-order chi connectivity index (χ1) is 24.3. The maximum atomic E-state index is 6.38. The van der Waals surface area contributed by atoms with Crippen molar-refractivity contribution in [1.82, 2.24) is 0 Å². The van der Waals surface area contributed by atoms with Crippen LogP contribution in [-0.4, -0.2) is 0 Å². The molecule has 0 N–H and O–H groups in total. The molecule has 8 aromatic carbocycles. The Hall–Kier alpha value is -6.38. The molecule has 0 bridgehead atoms. The van der Waals surface area contributed by atoms with Gasteiger partial charge in [0.2, 0.25) is 0 Å². The average Bonchev–Trinajstić information content (AvgIpc) is 3.70. The molecule has 0 radical (unpaired) electrons. The molecular weight excluding hydrogens is 595 g/mol. The molecule has 0 atom stereocenters. The van der Waals surface area contributed by atoms with E-state index in [1.165, 1.54) is 44.2 Å². The van der Waals surface area contributed by atoms with Crippen LogP contribution in [0.25, 0.3) is 43.8 Å². The standard InChI is InChI=1S/C47H31NO/c1-4-15-32(16-5-1)47(33-17-6-2-7-18-33)41-24-12-10-22-40(41)46-39-23-14-25-43(36(39)29-30-42(46)47)48(34-19-8-3-9-20-34)35-27-28-38-37-21-11-13-26-44(37)49-45(38)31-35/h1-31H. The van der Waals surface area contributed by atoms with Crippen molar-refractivity contribution >= 4 is 49.8 Å². The minimum absolute atomic E-state index is 0.440. The maximum Gasteiger partial charge on any atom is 0.137 e. The fourth-order valence-electron chi connectivity index (χ4n) is 8.34. The van der Waals surface area contributed by atoms with Gasteiger partial charge in [0.05, 0.1) is 11.1 Å². The highest BCUT2D eigenvalue weighted by Crippen LogP contribution is 2.58. The molecule has 0 saturated carbocycles. The van der Waals surface area contributed by atoms with E-state index in [0.717, 1.165) is 39.0 Å². The Morgan fingerprint density at radius 2 is 1.00 bits per heavy atom. The molecule has 2 heteroatoms. The fraction of sp³-hybridized carbons (Fsp3) is 0.0213. The molecule has 9 aromatic rings. The normalized spacial score (nSPS) is 13.1. The number of furan rings is 1.